The van der Waals surface area contributed by atoms with E-state index in [-0.39, 0.29) is 29.7 Å². The number of piperidine rings is 1. The number of likely N-dealkylation sites (tertiary alicyclic amines) is 1. The number of aryl methyl sites for hydroxylation is 1. The van der Waals surface area contributed by atoms with Crippen molar-refractivity contribution in [3.8, 4) is 0 Å². The summed E-state index contributed by atoms with van der Waals surface area (Å²) < 4.78 is 79.7. The molecule has 2 heterocycles. The fraction of sp³-hybridized carbons (Fsp3) is 0.421. The Balaban J connectivity index is 0.000000579. The fourth-order valence-corrected chi connectivity index (χ4v) is 6.09. The molecule has 1 amide bonds. The number of benzene rings is 3. The van der Waals surface area contributed by atoms with E-state index in [9.17, 15) is 31.1 Å². The Morgan fingerprint density at radius 2 is 1.67 bits per heavy atom. The number of aromatic nitrogens is 2. The van der Waals surface area contributed by atoms with Gasteiger partial charge in [0.15, 0.2) is 0 Å². The van der Waals surface area contributed by atoms with Gasteiger partial charge in [0.25, 0.3) is 11.8 Å². The highest BCUT2D eigenvalue weighted by molar-refractivity contribution is 5.95. The molecule has 48 heavy (non-hydrogen) atoms. The Labute approximate surface area is 278 Å². The van der Waals surface area contributed by atoms with Crippen LogP contribution in [0.1, 0.15) is 104 Å². The minimum atomic E-state index is -2.94. The van der Waals surface area contributed by atoms with Crippen molar-refractivity contribution < 1.29 is 31.1 Å². The molecule has 5 rings (SSSR count). The Hall–Kier alpha value is -4.08. The molecular weight excluding hydrogens is 628 g/mol. The van der Waals surface area contributed by atoms with Crippen LogP contribution in [0.15, 0.2) is 72.8 Å². The number of hydrogen-bond acceptors (Lipinski definition) is 2. The lowest BCUT2D eigenvalue weighted by Crippen LogP contribution is -2.38. The minimum absolute atomic E-state index is 0.0521. The average Bonchev–Trinajstić information content (AvgIpc) is 3.45. The van der Waals surface area contributed by atoms with Crippen molar-refractivity contribution in [3.05, 3.63) is 106 Å². The molecular formula is C38H43F6N3O. The predicted octanol–water partition coefficient (Wildman–Crippen LogP) is 11.0. The lowest BCUT2D eigenvalue weighted by Gasteiger charge is -2.32. The Kier molecular flexibility index (Phi) is 12.2. The first-order valence-corrected chi connectivity index (χ1v) is 16.3. The van der Waals surface area contributed by atoms with E-state index in [2.05, 4.69) is 4.98 Å². The van der Waals surface area contributed by atoms with E-state index >= 15 is 0 Å². The zero-order valence-corrected chi connectivity index (χ0v) is 28.0. The first kappa shape index (κ1) is 36.8. The fourth-order valence-electron chi connectivity index (χ4n) is 6.09. The van der Waals surface area contributed by atoms with Crippen molar-refractivity contribution in [2.24, 2.45) is 5.92 Å². The van der Waals surface area contributed by atoms with Gasteiger partial charge in [0.2, 0.25) is 6.43 Å². The zero-order valence-electron chi connectivity index (χ0n) is 28.0. The van der Waals surface area contributed by atoms with Crippen molar-refractivity contribution in [2.75, 3.05) is 13.1 Å². The largest absolute Gasteiger partial charge is 0.339 e. The van der Waals surface area contributed by atoms with Gasteiger partial charge in [-0.05, 0) is 85.2 Å². The minimum Gasteiger partial charge on any atom is -0.339 e. The number of nitrogens with zero attached hydrogens (tertiary/aromatic N) is 3. The summed E-state index contributed by atoms with van der Waals surface area (Å²) in [6.07, 6.45) is 1.75. The molecule has 1 aliphatic heterocycles. The number of halogens is 6. The monoisotopic (exact) mass is 671 g/mol. The summed E-state index contributed by atoms with van der Waals surface area (Å²) in [6.45, 7) is 6.59. The second-order valence-corrected chi connectivity index (χ2v) is 12.5. The summed E-state index contributed by atoms with van der Waals surface area (Å²) in [6, 6.07) is 18.7. The normalized spacial score (nSPS) is 15.2. The highest BCUT2D eigenvalue weighted by Crippen LogP contribution is 2.35. The molecule has 258 valence electrons. The molecule has 0 spiro atoms. The number of alkyl halides is 6. The highest BCUT2D eigenvalue weighted by Gasteiger charge is 2.30. The highest BCUT2D eigenvalue weighted by atomic mass is 19.3. The summed E-state index contributed by atoms with van der Waals surface area (Å²) >= 11 is 0. The summed E-state index contributed by atoms with van der Waals surface area (Å²) in [5, 5.41) is 0. The average molecular weight is 672 g/mol. The molecule has 4 nitrogen and oxygen atoms in total. The van der Waals surface area contributed by atoms with Crippen LogP contribution in [0.2, 0.25) is 0 Å². The molecule has 0 bridgehead atoms. The lowest BCUT2D eigenvalue weighted by atomic mass is 9.91. The van der Waals surface area contributed by atoms with Crippen molar-refractivity contribution in [1.29, 1.82) is 0 Å². The molecule has 4 aromatic rings. The standard InChI is InChI=1S/C32H31F4N3O.C6H12F2/c1-4-25(22-8-7-9-24(19-22)32(3,35)36)26-13-12-23(18-20(26)2)30(40)38-16-14-21(15-17-38)29-37-27-10-5-6-11-28(27)39(29)31(33)34;1-3-5(2)4-6(7)8/h4-13,18-19,21,31H,14-17H2,1-3H3;5-6H,3-4H2,1-2H3/b25-4-;. The van der Waals surface area contributed by atoms with Crippen LogP contribution < -0.4 is 0 Å². The number of imidazole rings is 1. The number of carbonyl (C=O) groups is 1. The maximum atomic E-state index is 13.9. The maximum absolute atomic E-state index is 13.9. The van der Waals surface area contributed by atoms with Crippen LogP contribution >= 0.6 is 0 Å². The number of carbonyl (C=O) groups excluding carboxylic acids is 1. The SMILES string of the molecule is C/C=C(/c1cccc(C(C)(F)F)c1)c1ccc(C(=O)N2CCC(c3nc4ccccc4n3C(F)F)CC2)cc1C.CCC(C)CC(F)F. The molecule has 10 heteroatoms. The lowest BCUT2D eigenvalue weighted by molar-refractivity contribution is 0.0174. The van der Waals surface area contributed by atoms with Gasteiger partial charge in [-0.3, -0.25) is 9.36 Å². The van der Waals surface area contributed by atoms with Gasteiger partial charge in [0.1, 0.15) is 5.82 Å². The van der Waals surface area contributed by atoms with E-state index in [1.54, 1.807) is 47.4 Å². The smallest absolute Gasteiger partial charge is 0.320 e. The maximum Gasteiger partial charge on any atom is 0.320 e. The quantitative estimate of drug-likeness (QED) is 0.166. The third-order valence-electron chi connectivity index (χ3n) is 8.98. The third kappa shape index (κ3) is 8.68. The number of rotatable bonds is 9. The van der Waals surface area contributed by atoms with Crippen LogP contribution in [-0.2, 0) is 5.92 Å². The van der Waals surface area contributed by atoms with E-state index in [1.807, 2.05) is 45.9 Å². The number of allylic oxidation sites excluding steroid dienone is 1. The molecule has 1 aliphatic rings. The summed E-state index contributed by atoms with van der Waals surface area (Å²) in [7, 11) is 0. The Bertz CT molecular complexity index is 1720. The summed E-state index contributed by atoms with van der Waals surface area (Å²) in [4.78, 5) is 19.6. The summed E-state index contributed by atoms with van der Waals surface area (Å²) in [5.41, 5.74) is 4.64. The van der Waals surface area contributed by atoms with Gasteiger partial charge in [-0.1, -0.05) is 62.7 Å². The van der Waals surface area contributed by atoms with Crippen molar-refractivity contribution >= 4 is 22.5 Å². The molecule has 0 aliphatic carbocycles. The second-order valence-electron chi connectivity index (χ2n) is 12.5. The van der Waals surface area contributed by atoms with Crippen LogP contribution in [0.3, 0.4) is 0 Å². The van der Waals surface area contributed by atoms with Crippen LogP contribution in [0.4, 0.5) is 26.3 Å². The molecule has 0 N–H and O–H groups in total. The summed E-state index contributed by atoms with van der Waals surface area (Å²) in [5.74, 6) is -2.69. The van der Waals surface area contributed by atoms with E-state index in [4.69, 9.17) is 0 Å². The third-order valence-corrected chi connectivity index (χ3v) is 8.98. The predicted molar refractivity (Wildman–Crippen MR) is 179 cm³/mol. The van der Waals surface area contributed by atoms with E-state index in [0.717, 1.165) is 34.6 Å². The molecule has 1 atom stereocenters. The van der Waals surface area contributed by atoms with Crippen LogP contribution in [0.5, 0.6) is 0 Å². The molecule has 1 fully saturated rings. The topological polar surface area (TPSA) is 38.1 Å². The van der Waals surface area contributed by atoms with Gasteiger partial charge in [-0.15, -0.1) is 0 Å². The number of para-hydroxylation sites is 2. The zero-order chi connectivity index (χ0) is 35.2. The van der Waals surface area contributed by atoms with Gasteiger partial charge in [-0.2, -0.15) is 8.78 Å². The van der Waals surface area contributed by atoms with E-state index < -0.39 is 18.9 Å². The second kappa shape index (κ2) is 15.9. The van der Waals surface area contributed by atoms with Crippen molar-refractivity contribution in [2.45, 2.75) is 85.1 Å². The molecule has 3 aromatic carbocycles. The van der Waals surface area contributed by atoms with Crippen LogP contribution in [0, 0.1) is 12.8 Å². The van der Waals surface area contributed by atoms with Crippen LogP contribution in [-0.4, -0.2) is 39.9 Å². The number of fused-ring (bicyclic) bond motifs is 1. The molecule has 0 radical (unpaired) electrons. The number of amides is 1. The van der Waals surface area contributed by atoms with Gasteiger partial charge >= 0.3 is 6.55 Å². The first-order chi connectivity index (χ1) is 22.7. The number of hydrogen-bond donors (Lipinski definition) is 0. The van der Waals surface area contributed by atoms with Crippen molar-refractivity contribution in [1.82, 2.24) is 14.5 Å². The molecule has 1 unspecified atom stereocenters. The van der Waals surface area contributed by atoms with Crippen LogP contribution in [0.25, 0.3) is 16.6 Å². The Morgan fingerprint density at radius 1 is 0.979 bits per heavy atom. The Morgan fingerprint density at radius 3 is 2.23 bits per heavy atom. The molecule has 0 saturated carbocycles. The van der Waals surface area contributed by atoms with Crippen molar-refractivity contribution in [3.63, 3.8) is 0 Å². The molecule has 1 aromatic heterocycles. The van der Waals surface area contributed by atoms with Gasteiger partial charge < -0.3 is 4.90 Å². The van der Waals surface area contributed by atoms with Gasteiger partial charge in [-0.25, -0.2) is 22.5 Å². The van der Waals surface area contributed by atoms with E-state index in [0.29, 0.717) is 53.9 Å². The first-order valence-electron chi connectivity index (χ1n) is 16.3. The van der Waals surface area contributed by atoms with E-state index in [1.165, 1.54) is 12.1 Å². The molecule has 1 saturated heterocycles. The van der Waals surface area contributed by atoms with Gasteiger partial charge in [0, 0.05) is 43.5 Å². The van der Waals surface area contributed by atoms with Gasteiger partial charge in [0.05, 0.1) is 11.0 Å².